The molecular formula is C21H24N4O3. The fourth-order valence-electron chi connectivity index (χ4n) is 3.16. The number of ether oxygens (including phenoxy) is 1. The van der Waals surface area contributed by atoms with Gasteiger partial charge in [0.05, 0.1) is 24.7 Å². The monoisotopic (exact) mass is 380 g/mol. The highest BCUT2D eigenvalue weighted by Crippen LogP contribution is 2.27. The van der Waals surface area contributed by atoms with Crippen LogP contribution in [0.15, 0.2) is 59.5 Å². The Morgan fingerprint density at radius 1 is 1.18 bits per heavy atom. The summed E-state index contributed by atoms with van der Waals surface area (Å²) in [6.07, 6.45) is 1.60. The van der Waals surface area contributed by atoms with Crippen molar-refractivity contribution in [3.8, 4) is 5.75 Å². The van der Waals surface area contributed by atoms with Crippen molar-refractivity contribution in [2.24, 2.45) is 0 Å². The van der Waals surface area contributed by atoms with E-state index in [-0.39, 0.29) is 24.1 Å². The summed E-state index contributed by atoms with van der Waals surface area (Å²) < 4.78 is 6.63. The molecule has 0 aliphatic carbocycles. The number of carbonyl (C=O) groups excluding carboxylic acids is 1. The molecule has 1 aromatic heterocycles. The van der Waals surface area contributed by atoms with Gasteiger partial charge in [-0.25, -0.2) is 4.68 Å². The van der Waals surface area contributed by atoms with Crippen molar-refractivity contribution in [1.29, 1.82) is 0 Å². The fourth-order valence-corrected chi connectivity index (χ4v) is 3.16. The number of methoxy groups -OCH3 is 1. The zero-order chi connectivity index (χ0) is 20.1. The Morgan fingerprint density at radius 2 is 1.89 bits per heavy atom. The van der Waals surface area contributed by atoms with Gasteiger partial charge in [0.1, 0.15) is 12.3 Å². The summed E-state index contributed by atoms with van der Waals surface area (Å²) in [4.78, 5) is 27.0. The van der Waals surface area contributed by atoms with Gasteiger partial charge in [0.2, 0.25) is 5.91 Å². The molecule has 1 atom stereocenters. The van der Waals surface area contributed by atoms with Gasteiger partial charge in [-0.15, -0.1) is 0 Å². The van der Waals surface area contributed by atoms with Gasteiger partial charge >= 0.3 is 0 Å². The Morgan fingerprint density at radius 3 is 2.64 bits per heavy atom. The molecule has 0 radical (unpaired) electrons. The lowest BCUT2D eigenvalue weighted by Gasteiger charge is -2.26. The minimum Gasteiger partial charge on any atom is -0.496 e. The lowest BCUT2D eigenvalue weighted by molar-refractivity contribution is -0.122. The number of nitrogens with one attached hydrogen (secondary N) is 1. The van der Waals surface area contributed by atoms with Crippen LogP contribution >= 0.6 is 0 Å². The molecule has 0 unspecified atom stereocenters. The number of hydrogen-bond donors (Lipinski definition) is 1. The van der Waals surface area contributed by atoms with E-state index in [0.29, 0.717) is 11.9 Å². The van der Waals surface area contributed by atoms with Crippen molar-refractivity contribution in [3.05, 3.63) is 70.6 Å². The van der Waals surface area contributed by atoms with E-state index >= 15 is 0 Å². The van der Waals surface area contributed by atoms with Crippen molar-refractivity contribution in [3.63, 3.8) is 0 Å². The minimum absolute atomic E-state index is 0.0682. The molecule has 146 valence electrons. The summed E-state index contributed by atoms with van der Waals surface area (Å²) in [5.41, 5.74) is 0.707. The van der Waals surface area contributed by atoms with E-state index in [2.05, 4.69) is 10.4 Å². The molecule has 0 saturated carbocycles. The molecule has 0 aliphatic heterocycles. The van der Waals surface area contributed by atoms with Crippen LogP contribution in [0.5, 0.6) is 5.75 Å². The number of fused-ring (bicyclic) bond motifs is 1. The first-order valence-corrected chi connectivity index (χ1v) is 9.02. The Bertz CT molecular complexity index is 1030. The van der Waals surface area contributed by atoms with E-state index in [0.717, 1.165) is 16.7 Å². The Hall–Kier alpha value is -3.19. The lowest BCUT2D eigenvalue weighted by Crippen LogP contribution is -2.38. The zero-order valence-corrected chi connectivity index (χ0v) is 16.3. The number of carbonyl (C=O) groups is 1. The number of aromatic nitrogens is 2. The van der Waals surface area contributed by atoms with Gasteiger partial charge in [0.15, 0.2) is 0 Å². The van der Waals surface area contributed by atoms with Crippen molar-refractivity contribution >= 4 is 16.7 Å². The van der Waals surface area contributed by atoms with Crippen LogP contribution in [0.3, 0.4) is 0 Å². The predicted molar refractivity (Wildman–Crippen MR) is 108 cm³/mol. The third-order valence-corrected chi connectivity index (χ3v) is 4.67. The smallest absolute Gasteiger partial charge is 0.275 e. The van der Waals surface area contributed by atoms with Crippen LogP contribution in [0.2, 0.25) is 0 Å². The molecule has 3 rings (SSSR count). The number of hydrogen-bond acceptors (Lipinski definition) is 5. The van der Waals surface area contributed by atoms with E-state index in [1.54, 1.807) is 25.4 Å². The normalized spacial score (nSPS) is 12.1. The van der Waals surface area contributed by atoms with Gasteiger partial charge in [-0.1, -0.05) is 36.4 Å². The zero-order valence-electron chi connectivity index (χ0n) is 16.3. The van der Waals surface area contributed by atoms with E-state index in [1.165, 1.54) is 4.68 Å². The molecule has 7 heteroatoms. The van der Waals surface area contributed by atoms with Gasteiger partial charge in [-0.05, 0) is 26.2 Å². The van der Waals surface area contributed by atoms with E-state index in [4.69, 9.17) is 4.74 Å². The molecule has 0 aliphatic rings. The van der Waals surface area contributed by atoms with Crippen molar-refractivity contribution in [1.82, 2.24) is 20.0 Å². The predicted octanol–water partition coefficient (Wildman–Crippen LogP) is 1.82. The Kier molecular flexibility index (Phi) is 6.06. The van der Waals surface area contributed by atoms with E-state index in [9.17, 15) is 9.59 Å². The second kappa shape index (κ2) is 8.67. The highest BCUT2D eigenvalue weighted by molar-refractivity contribution is 5.81. The molecule has 0 bridgehead atoms. The second-order valence-electron chi connectivity index (χ2n) is 6.72. The first-order valence-electron chi connectivity index (χ1n) is 9.02. The standard InChI is InChI=1S/C21H24N4O3/c1-24(2)18(17-10-6-7-11-19(17)28-3)13-22-20(26)14-25-21(27)16-9-5-4-8-15(16)12-23-25/h4-12,18H,13-14H2,1-3H3,(H,22,26)/t18-/m1/s1. The number of benzene rings is 2. The summed E-state index contributed by atoms with van der Waals surface area (Å²) >= 11 is 0. The maximum atomic E-state index is 12.5. The molecule has 1 amide bonds. The van der Waals surface area contributed by atoms with Crippen LogP contribution in [0.4, 0.5) is 0 Å². The summed E-state index contributed by atoms with van der Waals surface area (Å²) in [6.45, 7) is 0.254. The molecular weight excluding hydrogens is 356 g/mol. The van der Waals surface area contributed by atoms with Crippen molar-refractivity contribution < 1.29 is 9.53 Å². The largest absolute Gasteiger partial charge is 0.496 e. The highest BCUT2D eigenvalue weighted by atomic mass is 16.5. The average Bonchev–Trinajstić information content (AvgIpc) is 2.70. The third kappa shape index (κ3) is 4.20. The fraction of sp³-hybridized carbons (Fsp3) is 0.286. The van der Waals surface area contributed by atoms with Crippen molar-refractivity contribution in [2.45, 2.75) is 12.6 Å². The van der Waals surface area contributed by atoms with E-state index < -0.39 is 0 Å². The van der Waals surface area contributed by atoms with Crippen LogP contribution in [0.1, 0.15) is 11.6 Å². The maximum absolute atomic E-state index is 12.5. The lowest BCUT2D eigenvalue weighted by atomic mass is 10.0. The summed E-state index contributed by atoms with van der Waals surface area (Å²) in [5, 5.41) is 8.31. The number of rotatable bonds is 7. The minimum atomic E-state index is -0.276. The van der Waals surface area contributed by atoms with Gasteiger partial charge in [-0.3, -0.25) is 9.59 Å². The van der Waals surface area contributed by atoms with Gasteiger partial charge in [-0.2, -0.15) is 5.10 Å². The number of likely N-dealkylation sites (N-methyl/N-ethyl adjacent to an activating group) is 1. The Balaban J connectivity index is 1.72. The number of para-hydroxylation sites is 1. The quantitative estimate of drug-likeness (QED) is 0.677. The van der Waals surface area contributed by atoms with Crippen LogP contribution < -0.4 is 15.6 Å². The Labute approximate surface area is 163 Å². The molecule has 0 fully saturated rings. The highest BCUT2D eigenvalue weighted by Gasteiger charge is 2.19. The number of amides is 1. The van der Waals surface area contributed by atoms with Crippen molar-refractivity contribution in [2.75, 3.05) is 27.7 Å². The molecule has 2 aromatic carbocycles. The van der Waals surface area contributed by atoms with Gasteiger partial charge in [0, 0.05) is 17.5 Å². The van der Waals surface area contributed by atoms with Crippen LogP contribution in [-0.2, 0) is 11.3 Å². The number of nitrogens with zero attached hydrogens (tertiary/aromatic N) is 3. The topological polar surface area (TPSA) is 76.5 Å². The summed E-state index contributed by atoms with van der Waals surface area (Å²) in [7, 11) is 5.51. The molecule has 0 saturated heterocycles. The van der Waals surface area contributed by atoms with E-state index in [1.807, 2.05) is 55.4 Å². The van der Waals surface area contributed by atoms with Gasteiger partial charge < -0.3 is 15.0 Å². The molecule has 3 aromatic rings. The average molecular weight is 380 g/mol. The van der Waals surface area contributed by atoms with Crippen LogP contribution in [-0.4, -0.2) is 48.3 Å². The molecule has 1 N–H and O–H groups in total. The molecule has 1 heterocycles. The molecule has 0 spiro atoms. The second-order valence-corrected chi connectivity index (χ2v) is 6.72. The summed E-state index contributed by atoms with van der Waals surface area (Å²) in [5.74, 6) is 0.495. The first-order chi connectivity index (χ1) is 13.5. The van der Waals surface area contributed by atoms with Gasteiger partial charge in [0.25, 0.3) is 5.56 Å². The third-order valence-electron chi connectivity index (χ3n) is 4.67. The molecule has 7 nitrogen and oxygen atoms in total. The molecule has 28 heavy (non-hydrogen) atoms. The SMILES string of the molecule is COc1ccccc1[C@@H](CNC(=O)Cn1ncc2ccccc2c1=O)N(C)C. The van der Waals surface area contributed by atoms with Crippen LogP contribution in [0.25, 0.3) is 10.8 Å². The maximum Gasteiger partial charge on any atom is 0.275 e. The summed E-state index contributed by atoms with van der Waals surface area (Å²) in [6, 6.07) is 14.8. The van der Waals surface area contributed by atoms with Crippen LogP contribution in [0, 0.1) is 0 Å². The first kappa shape index (κ1) is 19.6.